The lowest BCUT2D eigenvalue weighted by Crippen LogP contribution is -2.47. The number of fused-ring (bicyclic) bond motifs is 1. The minimum atomic E-state index is -1.92. The van der Waals surface area contributed by atoms with Crippen LogP contribution in [-0.4, -0.2) is 85.0 Å². The van der Waals surface area contributed by atoms with Gasteiger partial charge in [0.25, 0.3) is 11.5 Å². The highest BCUT2D eigenvalue weighted by molar-refractivity contribution is 6.34. The number of Topliss-reactive ketones (excluding diaryl/α,β-unsaturated/α-hetero) is 1. The van der Waals surface area contributed by atoms with Crippen LogP contribution in [0.2, 0.25) is 5.02 Å². The molecular weight excluding hydrogens is 614 g/mol. The number of nitrogen functional groups attached to an aromatic ring is 1. The molecule has 2 aromatic heterocycles. The predicted octanol–water partition coefficient (Wildman–Crippen LogP) is 0.204. The van der Waals surface area contributed by atoms with Crippen molar-refractivity contribution in [2.45, 2.75) is 37.8 Å². The molecule has 0 spiro atoms. The Morgan fingerprint density at radius 2 is 1.87 bits per heavy atom. The summed E-state index contributed by atoms with van der Waals surface area (Å²) in [5.41, 5.74) is 12.0. The van der Waals surface area contributed by atoms with E-state index < -0.39 is 72.4 Å². The van der Waals surface area contributed by atoms with Crippen molar-refractivity contribution in [1.29, 1.82) is 0 Å². The van der Waals surface area contributed by atoms with Gasteiger partial charge in [-0.3, -0.25) is 33.8 Å². The fourth-order valence-corrected chi connectivity index (χ4v) is 4.85. The number of carbonyl (C=O) groups excluding carboxylic acids is 2. The summed E-state index contributed by atoms with van der Waals surface area (Å²) in [5, 5.41) is 30.3. The van der Waals surface area contributed by atoms with E-state index in [1.807, 2.05) is 0 Å². The predicted molar refractivity (Wildman–Crippen MR) is 162 cm³/mol. The van der Waals surface area contributed by atoms with Crippen molar-refractivity contribution in [2.24, 2.45) is 11.7 Å². The van der Waals surface area contributed by atoms with E-state index in [1.54, 1.807) is 11.1 Å². The number of carboxylic acids is 3. The molecule has 3 rings (SSSR count). The first-order valence-electron chi connectivity index (χ1n) is 13.3. The molecule has 45 heavy (non-hydrogen) atoms. The molecule has 0 fully saturated rings. The molecule has 17 heteroatoms. The zero-order valence-electron chi connectivity index (χ0n) is 23.6. The third kappa shape index (κ3) is 8.59. The van der Waals surface area contributed by atoms with Gasteiger partial charge >= 0.3 is 17.9 Å². The molecule has 10 N–H and O–H groups in total. The molecule has 238 valence electrons. The molecule has 2 heterocycles. The zero-order valence-corrected chi connectivity index (χ0v) is 24.3. The van der Waals surface area contributed by atoms with Gasteiger partial charge in [0, 0.05) is 24.8 Å². The van der Waals surface area contributed by atoms with Crippen LogP contribution in [0.4, 0.5) is 11.6 Å². The number of carbonyl (C=O) groups is 5. The fourth-order valence-electron chi connectivity index (χ4n) is 4.59. The number of H-pyrrole nitrogens is 2. The molecule has 0 radical (unpaired) electrons. The molecular formula is C28H30ClN7O9. The molecule has 0 bridgehead atoms. The number of nitrogens with zero attached hydrogens (tertiary/aromatic N) is 2. The van der Waals surface area contributed by atoms with E-state index in [0.717, 1.165) is 0 Å². The summed E-state index contributed by atoms with van der Waals surface area (Å²) < 4.78 is 0. The van der Waals surface area contributed by atoms with E-state index >= 15 is 0 Å². The standard InChI is InChI=1S/C28H30ClN7O9/c1-2-8-36(9-7-13-12-32-23-21(13)25(41)35-28(31)34-23)14-3-4-15(17(29)10-14)24(40)33-19(5-6-20(37)38)22(39)16(26(42)43)11-18(30)27(44)45/h1,3-4,10,12,16,18-19H,5-9,11,30H2,(H,33,40)(H,37,38)(H,42,43)(H,44,45)(H4,31,32,34,35,41)/t16?,18-,19-/m0/s1. The molecule has 16 nitrogen and oxygen atoms in total. The number of rotatable bonds is 16. The number of amides is 1. The van der Waals surface area contributed by atoms with Crippen LogP contribution in [0.15, 0.2) is 29.2 Å². The molecule has 0 aliphatic carbocycles. The molecule has 1 unspecified atom stereocenters. The van der Waals surface area contributed by atoms with E-state index in [1.165, 1.54) is 18.2 Å². The van der Waals surface area contributed by atoms with E-state index in [9.17, 15) is 33.9 Å². The first-order chi connectivity index (χ1) is 21.2. The zero-order chi connectivity index (χ0) is 33.4. The lowest BCUT2D eigenvalue weighted by Gasteiger charge is -2.24. The van der Waals surface area contributed by atoms with Gasteiger partial charge in [0.1, 0.15) is 17.6 Å². The lowest BCUT2D eigenvalue weighted by molar-refractivity contribution is -0.148. The number of ketones is 1. The van der Waals surface area contributed by atoms with Crippen molar-refractivity contribution in [3.05, 3.63) is 50.9 Å². The minimum absolute atomic E-state index is 0.0321. The number of halogens is 1. The van der Waals surface area contributed by atoms with Crippen LogP contribution < -0.4 is 27.2 Å². The summed E-state index contributed by atoms with van der Waals surface area (Å²) in [6.07, 6.45) is 5.70. The van der Waals surface area contributed by atoms with Gasteiger partial charge < -0.3 is 42.0 Å². The highest BCUT2D eigenvalue weighted by Gasteiger charge is 2.36. The van der Waals surface area contributed by atoms with Crippen LogP contribution in [-0.2, 0) is 25.6 Å². The minimum Gasteiger partial charge on any atom is -0.481 e. The number of anilines is 2. The number of carboxylic acid groups (broad SMARTS) is 3. The van der Waals surface area contributed by atoms with E-state index in [4.69, 9.17) is 39.7 Å². The summed E-state index contributed by atoms with van der Waals surface area (Å²) in [5.74, 6) is -5.98. The number of aromatic nitrogens is 3. The normalized spacial score (nSPS) is 12.9. The average molecular weight is 644 g/mol. The van der Waals surface area contributed by atoms with Crippen LogP contribution in [0.5, 0.6) is 0 Å². The summed E-state index contributed by atoms with van der Waals surface area (Å²) >= 11 is 6.42. The number of nitrogens with two attached hydrogens (primary N) is 2. The topological polar surface area (TPSA) is 275 Å². The van der Waals surface area contributed by atoms with Crippen LogP contribution in [0, 0.1) is 18.3 Å². The Labute approximate surface area is 259 Å². The quantitative estimate of drug-likeness (QED) is 0.0766. The second-order valence-electron chi connectivity index (χ2n) is 9.96. The number of aliphatic carboxylic acids is 3. The van der Waals surface area contributed by atoms with Crippen molar-refractivity contribution < 1.29 is 39.3 Å². The lowest BCUT2D eigenvalue weighted by atomic mass is 9.89. The summed E-state index contributed by atoms with van der Waals surface area (Å²) in [7, 11) is 0. The van der Waals surface area contributed by atoms with E-state index in [2.05, 4.69) is 26.2 Å². The van der Waals surface area contributed by atoms with Crippen LogP contribution >= 0.6 is 11.6 Å². The maximum Gasteiger partial charge on any atom is 0.320 e. The van der Waals surface area contributed by atoms with Gasteiger partial charge in [-0.25, -0.2) is 0 Å². The van der Waals surface area contributed by atoms with Crippen LogP contribution in [0.1, 0.15) is 35.2 Å². The molecule has 0 saturated carbocycles. The van der Waals surface area contributed by atoms with Gasteiger partial charge in [0.15, 0.2) is 5.78 Å². The third-order valence-corrected chi connectivity index (χ3v) is 7.19. The Morgan fingerprint density at radius 1 is 1.16 bits per heavy atom. The Kier molecular flexibility index (Phi) is 11.3. The maximum absolute atomic E-state index is 13.2. The smallest absolute Gasteiger partial charge is 0.320 e. The third-order valence-electron chi connectivity index (χ3n) is 6.88. The second-order valence-corrected chi connectivity index (χ2v) is 10.4. The van der Waals surface area contributed by atoms with Crippen molar-refractivity contribution in [3.63, 3.8) is 0 Å². The molecule has 1 amide bonds. The molecule has 0 aliphatic heterocycles. The van der Waals surface area contributed by atoms with Crippen LogP contribution in [0.3, 0.4) is 0 Å². The molecule has 3 aromatic rings. The first-order valence-corrected chi connectivity index (χ1v) is 13.7. The number of hydrogen-bond donors (Lipinski definition) is 8. The summed E-state index contributed by atoms with van der Waals surface area (Å²) in [6, 6.07) is 1.02. The van der Waals surface area contributed by atoms with Crippen molar-refractivity contribution in [2.75, 3.05) is 23.7 Å². The van der Waals surface area contributed by atoms with Crippen molar-refractivity contribution >= 4 is 63.9 Å². The van der Waals surface area contributed by atoms with E-state index in [0.29, 0.717) is 35.2 Å². The SMILES string of the molecule is C#CCN(CCc1c[nH]c2nc(N)[nH]c(=O)c12)c1ccc(C(=O)N[C@@H](CCC(=O)O)C(=O)C(C[C@H](N)C(=O)O)C(=O)O)c(Cl)c1. The number of nitrogens with one attached hydrogen (secondary N) is 3. The summed E-state index contributed by atoms with van der Waals surface area (Å²) in [6.45, 7) is 0.455. The van der Waals surface area contributed by atoms with Crippen molar-refractivity contribution in [1.82, 2.24) is 20.3 Å². The summed E-state index contributed by atoms with van der Waals surface area (Å²) in [4.78, 5) is 83.9. The van der Waals surface area contributed by atoms with Gasteiger partial charge in [-0.15, -0.1) is 6.42 Å². The van der Waals surface area contributed by atoms with Crippen molar-refractivity contribution in [3.8, 4) is 12.3 Å². The Bertz CT molecular complexity index is 1730. The maximum atomic E-state index is 13.2. The number of terminal acetylenes is 1. The fraction of sp³-hybridized carbons (Fsp3) is 0.321. The average Bonchev–Trinajstić information content (AvgIpc) is 3.38. The van der Waals surface area contributed by atoms with Crippen LogP contribution in [0.25, 0.3) is 11.0 Å². The molecule has 0 saturated heterocycles. The number of hydrogen-bond acceptors (Lipinski definition) is 10. The monoisotopic (exact) mass is 643 g/mol. The van der Waals surface area contributed by atoms with Gasteiger partial charge in [-0.05, 0) is 43.0 Å². The molecule has 0 aliphatic rings. The van der Waals surface area contributed by atoms with Gasteiger partial charge in [0.2, 0.25) is 5.95 Å². The number of aromatic amines is 2. The second kappa shape index (κ2) is 14.9. The molecule has 1 aromatic carbocycles. The number of benzene rings is 1. The van der Waals surface area contributed by atoms with Gasteiger partial charge in [-0.1, -0.05) is 17.5 Å². The Hall–Kier alpha value is -5.40. The van der Waals surface area contributed by atoms with E-state index in [-0.39, 0.29) is 23.1 Å². The highest BCUT2D eigenvalue weighted by atomic mass is 35.5. The van der Waals surface area contributed by atoms with Gasteiger partial charge in [-0.2, -0.15) is 4.98 Å². The van der Waals surface area contributed by atoms with Gasteiger partial charge in [0.05, 0.1) is 28.6 Å². The largest absolute Gasteiger partial charge is 0.481 e. The first kappa shape index (κ1) is 34.1. The Balaban J connectivity index is 1.81. The Morgan fingerprint density at radius 3 is 2.47 bits per heavy atom. The highest BCUT2D eigenvalue weighted by Crippen LogP contribution is 2.25. The molecule has 3 atom stereocenters.